The van der Waals surface area contributed by atoms with E-state index in [1.807, 2.05) is 0 Å². The van der Waals surface area contributed by atoms with E-state index in [9.17, 15) is 0 Å². The molecule has 1 aromatic rings. The van der Waals surface area contributed by atoms with Crippen molar-refractivity contribution in [1.29, 1.82) is 5.26 Å². The number of rotatable bonds is 0. The molecule has 3 nitrogen and oxygen atoms in total. The van der Waals surface area contributed by atoms with Crippen molar-refractivity contribution in [3.05, 3.63) is 16.9 Å². The molecule has 0 aliphatic heterocycles. The van der Waals surface area contributed by atoms with Crippen molar-refractivity contribution in [3.63, 3.8) is 0 Å². The fourth-order valence-corrected chi connectivity index (χ4v) is 2.77. The fourth-order valence-electron chi connectivity index (χ4n) is 2.77. The van der Waals surface area contributed by atoms with Crippen LogP contribution in [0.2, 0.25) is 0 Å². The standard InChI is InChI=1S/C15H22N2O/c16-11-13-12-9-7-5-3-1-2-4-6-8-10-14(12)18-15(13)17/h1-10,17H2. The fraction of sp³-hybridized carbons (Fsp3) is 0.667. The highest BCUT2D eigenvalue weighted by Gasteiger charge is 2.17. The van der Waals surface area contributed by atoms with E-state index < -0.39 is 0 Å². The number of aryl methyl sites for hydroxylation is 1. The minimum Gasteiger partial charge on any atom is -0.444 e. The molecule has 3 heteroatoms. The molecule has 0 radical (unpaired) electrons. The summed E-state index contributed by atoms with van der Waals surface area (Å²) in [7, 11) is 0. The Balaban J connectivity index is 2.16. The molecule has 0 saturated heterocycles. The number of nitriles is 1. The van der Waals surface area contributed by atoms with Gasteiger partial charge in [0.15, 0.2) is 0 Å². The number of nitrogens with zero attached hydrogens (tertiary/aromatic N) is 1. The molecular weight excluding hydrogens is 224 g/mol. The third kappa shape index (κ3) is 3.07. The molecule has 1 aliphatic rings. The molecule has 0 aromatic carbocycles. The molecule has 0 bridgehead atoms. The zero-order chi connectivity index (χ0) is 12.8. The quantitative estimate of drug-likeness (QED) is 0.753. The maximum absolute atomic E-state index is 9.16. The summed E-state index contributed by atoms with van der Waals surface area (Å²) >= 11 is 0. The normalized spacial score (nSPS) is 18.2. The summed E-state index contributed by atoms with van der Waals surface area (Å²) in [6.45, 7) is 0. The van der Waals surface area contributed by atoms with E-state index in [0.717, 1.165) is 37.0 Å². The van der Waals surface area contributed by atoms with Gasteiger partial charge in [0.05, 0.1) is 0 Å². The minimum absolute atomic E-state index is 0.317. The number of anilines is 1. The molecule has 0 atom stereocenters. The second-order valence-corrected chi connectivity index (χ2v) is 5.18. The smallest absolute Gasteiger partial charge is 0.208 e. The van der Waals surface area contributed by atoms with Gasteiger partial charge >= 0.3 is 0 Å². The number of fused-ring (bicyclic) bond motifs is 1. The van der Waals surface area contributed by atoms with Crippen molar-refractivity contribution < 1.29 is 4.42 Å². The summed E-state index contributed by atoms with van der Waals surface area (Å²) in [6.07, 6.45) is 12.0. The van der Waals surface area contributed by atoms with E-state index >= 15 is 0 Å². The largest absolute Gasteiger partial charge is 0.444 e. The van der Waals surface area contributed by atoms with E-state index in [1.54, 1.807) is 0 Å². The number of hydrogen-bond donors (Lipinski definition) is 1. The highest BCUT2D eigenvalue weighted by Crippen LogP contribution is 2.28. The Morgan fingerprint density at radius 3 is 2.06 bits per heavy atom. The van der Waals surface area contributed by atoms with E-state index in [-0.39, 0.29) is 0 Å². The zero-order valence-electron chi connectivity index (χ0n) is 11.0. The van der Waals surface area contributed by atoms with Gasteiger partial charge in [0.25, 0.3) is 0 Å². The highest BCUT2D eigenvalue weighted by atomic mass is 16.4. The number of nitrogen functional groups attached to an aromatic ring is 1. The van der Waals surface area contributed by atoms with E-state index in [4.69, 9.17) is 15.4 Å². The average molecular weight is 246 g/mol. The van der Waals surface area contributed by atoms with Crippen LogP contribution in [0.3, 0.4) is 0 Å². The molecule has 18 heavy (non-hydrogen) atoms. The summed E-state index contributed by atoms with van der Waals surface area (Å²) in [5, 5.41) is 9.16. The van der Waals surface area contributed by atoms with Gasteiger partial charge in [0.2, 0.25) is 5.88 Å². The SMILES string of the molecule is N#Cc1c(N)oc2c1CCCCCCCCCC2. The van der Waals surface area contributed by atoms with Gasteiger partial charge in [0.1, 0.15) is 17.4 Å². The number of furan rings is 1. The van der Waals surface area contributed by atoms with E-state index in [1.165, 1.54) is 38.5 Å². The first kappa shape index (κ1) is 13.0. The van der Waals surface area contributed by atoms with Gasteiger partial charge < -0.3 is 10.2 Å². The van der Waals surface area contributed by atoms with Gasteiger partial charge in [-0.25, -0.2) is 0 Å². The van der Waals surface area contributed by atoms with Crippen LogP contribution >= 0.6 is 0 Å². The monoisotopic (exact) mass is 246 g/mol. The molecule has 0 amide bonds. The van der Waals surface area contributed by atoms with Crippen LogP contribution in [-0.4, -0.2) is 0 Å². The van der Waals surface area contributed by atoms with Crippen molar-refractivity contribution in [3.8, 4) is 6.07 Å². The molecule has 0 unspecified atom stereocenters. The summed E-state index contributed by atoms with van der Waals surface area (Å²) in [4.78, 5) is 0. The zero-order valence-corrected chi connectivity index (χ0v) is 11.0. The minimum atomic E-state index is 0.317. The van der Waals surface area contributed by atoms with E-state index in [0.29, 0.717) is 11.4 Å². The Morgan fingerprint density at radius 2 is 1.44 bits per heavy atom. The summed E-state index contributed by atoms with van der Waals surface area (Å²) < 4.78 is 5.59. The van der Waals surface area contributed by atoms with Crippen molar-refractivity contribution in [2.24, 2.45) is 0 Å². The lowest BCUT2D eigenvalue weighted by Gasteiger charge is -2.06. The predicted octanol–water partition coefficient (Wildman–Crippen LogP) is 3.95. The Kier molecular flexibility index (Phi) is 4.69. The van der Waals surface area contributed by atoms with Crippen molar-refractivity contribution in [2.45, 2.75) is 64.2 Å². The maximum atomic E-state index is 9.16. The van der Waals surface area contributed by atoms with Gasteiger partial charge in [-0.05, 0) is 19.3 Å². The van der Waals surface area contributed by atoms with Crippen LogP contribution in [0.5, 0.6) is 0 Å². The first-order chi connectivity index (χ1) is 8.83. The molecule has 98 valence electrons. The maximum Gasteiger partial charge on any atom is 0.208 e. The molecule has 2 N–H and O–H groups in total. The van der Waals surface area contributed by atoms with Gasteiger partial charge in [0, 0.05) is 12.0 Å². The van der Waals surface area contributed by atoms with E-state index in [2.05, 4.69) is 6.07 Å². The Morgan fingerprint density at radius 1 is 0.889 bits per heavy atom. The Bertz CT molecular complexity index is 428. The van der Waals surface area contributed by atoms with Crippen LogP contribution in [-0.2, 0) is 12.8 Å². The highest BCUT2D eigenvalue weighted by molar-refractivity contribution is 5.54. The third-order valence-corrected chi connectivity index (χ3v) is 3.81. The molecule has 1 aliphatic carbocycles. The Labute approximate surface area is 109 Å². The van der Waals surface area contributed by atoms with Crippen LogP contribution in [0.4, 0.5) is 5.88 Å². The van der Waals surface area contributed by atoms with Gasteiger partial charge in [-0.1, -0.05) is 38.5 Å². The second kappa shape index (κ2) is 6.49. The second-order valence-electron chi connectivity index (χ2n) is 5.18. The molecule has 1 aromatic heterocycles. The molecule has 0 fully saturated rings. The number of hydrogen-bond acceptors (Lipinski definition) is 3. The van der Waals surface area contributed by atoms with Crippen molar-refractivity contribution in [1.82, 2.24) is 0 Å². The average Bonchev–Trinajstić information content (AvgIpc) is 2.65. The van der Waals surface area contributed by atoms with Crippen molar-refractivity contribution in [2.75, 3.05) is 5.73 Å². The molecule has 2 rings (SSSR count). The molecule has 0 saturated carbocycles. The molecule has 0 spiro atoms. The predicted molar refractivity (Wildman–Crippen MR) is 72.2 cm³/mol. The number of nitrogens with two attached hydrogens (primary N) is 1. The van der Waals surface area contributed by atoms with Crippen LogP contribution in [0.25, 0.3) is 0 Å². The topological polar surface area (TPSA) is 63.0 Å². The third-order valence-electron chi connectivity index (χ3n) is 3.81. The lowest BCUT2D eigenvalue weighted by Crippen LogP contribution is -1.96. The van der Waals surface area contributed by atoms with Crippen LogP contribution in [0.1, 0.15) is 68.3 Å². The molecule has 1 heterocycles. The van der Waals surface area contributed by atoms with Crippen LogP contribution in [0, 0.1) is 11.3 Å². The lowest BCUT2D eigenvalue weighted by molar-refractivity contribution is 0.491. The summed E-state index contributed by atoms with van der Waals surface area (Å²) in [5.74, 6) is 1.28. The first-order valence-electron chi connectivity index (χ1n) is 7.13. The van der Waals surface area contributed by atoms with Crippen molar-refractivity contribution >= 4 is 5.88 Å². The van der Waals surface area contributed by atoms with Gasteiger partial charge in [-0.3, -0.25) is 0 Å². The van der Waals surface area contributed by atoms with Gasteiger partial charge in [-0.2, -0.15) is 5.26 Å². The van der Waals surface area contributed by atoms with Gasteiger partial charge in [-0.15, -0.1) is 0 Å². The summed E-state index contributed by atoms with van der Waals surface area (Å²) in [6, 6.07) is 2.20. The molecular formula is C15H22N2O. The first-order valence-corrected chi connectivity index (χ1v) is 7.13. The summed E-state index contributed by atoms with van der Waals surface area (Å²) in [5.41, 5.74) is 7.45. The van der Waals surface area contributed by atoms with Crippen LogP contribution < -0.4 is 5.73 Å². The van der Waals surface area contributed by atoms with Crippen LogP contribution in [0.15, 0.2) is 4.42 Å². The Hall–Kier alpha value is -1.43. The lowest BCUT2D eigenvalue weighted by atomic mass is 9.98.